The van der Waals surface area contributed by atoms with E-state index in [1.807, 2.05) is 36.4 Å². The van der Waals surface area contributed by atoms with Gasteiger partial charge in [-0.25, -0.2) is 0 Å². The number of amides is 2. The highest BCUT2D eigenvalue weighted by molar-refractivity contribution is 6.01. The molecule has 1 aromatic carbocycles. The predicted octanol–water partition coefficient (Wildman–Crippen LogP) is 1.76. The fraction of sp³-hybridized carbons (Fsp3) is 0.278. The minimum absolute atomic E-state index is 0.0718. The van der Waals surface area contributed by atoms with Crippen LogP contribution in [-0.2, 0) is 16.1 Å². The predicted molar refractivity (Wildman–Crippen MR) is 89.5 cm³/mol. The summed E-state index contributed by atoms with van der Waals surface area (Å²) < 4.78 is 5.30. The average Bonchev–Trinajstić information content (AvgIpc) is 3.02. The Kier molecular flexibility index (Phi) is 4.74. The van der Waals surface area contributed by atoms with Crippen molar-refractivity contribution in [2.75, 3.05) is 18.6 Å². The van der Waals surface area contributed by atoms with Crippen LogP contribution in [0.15, 0.2) is 48.7 Å². The Morgan fingerprint density at radius 1 is 1.29 bits per heavy atom. The summed E-state index contributed by atoms with van der Waals surface area (Å²) in [5.41, 5.74) is 1.49. The number of rotatable bonds is 5. The van der Waals surface area contributed by atoms with Crippen molar-refractivity contribution in [3.8, 4) is 5.75 Å². The summed E-state index contributed by atoms with van der Waals surface area (Å²) in [5.74, 6) is 0.0513. The number of nitrogens with zero attached hydrogens (tertiary/aromatic N) is 2. The summed E-state index contributed by atoms with van der Waals surface area (Å²) in [4.78, 5) is 30.4. The molecule has 1 aliphatic heterocycles. The Labute approximate surface area is 140 Å². The van der Waals surface area contributed by atoms with Crippen molar-refractivity contribution in [1.29, 1.82) is 0 Å². The highest BCUT2D eigenvalue weighted by Gasteiger charge is 2.36. The van der Waals surface area contributed by atoms with Crippen molar-refractivity contribution in [2.45, 2.75) is 13.0 Å². The van der Waals surface area contributed by atoms with Gasteiger partial charge in [0.1, 0.15) is 5.75 Å². The van der Waals surface area contributed by atoms with E-state index in [2.05, 4.69) is 10.3 Å². The average molecular weight is 325 g/mol. The van der Waals surface area contributed by atoms with E-state index < -0.39 is 0 Å². The summed E-state index contributed by atoms with van der Waals surface area (Å²) in [6, 6.07) is 12.9. The van der Waals surface area contributed by atoms with Crippen molar-refractivity contribution >= 4 is 17.5 Å². The van der Waals surface area contributed by atoms with Crippen LogP contribution < -0.4 is 15.0 Å². The fourth-order valence-electron chi connectivity index (χ4n) is 2.79. The van der Waals surface area contributed by atoms with Crippen LogP contribution in [0.2, 0.25) is 0 Å². The molecule has 1 unspecified atom stereocenters. The molecule has 1 saturated heterocycles. The summed E-state index contributed by atoms with van der Waals surface area (Å²) in [7, 11) is 1.57. The second-order valence-electron chi connectivity index (χ2n) is 5.62. The normalized spacial score (nSPS) is 17.0. The maximum Gasteiger partial charge on any atom is 0.227 e. The molecule has 2 amide bonds. The number of methoxy groups -OCH3 is 1. The van der Waals surface area contributed by atoms with E-state index in [0.29, 0.717) is 24.5 Å². The van der Waals surface area contributed by atoms with Gasteiger partial charge in [-0.15, -0.1) is 0 Å². The highest BCUT2D eigenvalue weighted by Crippen LogP contribution is 2.32. The molecule has 6 nitrogen and oxygen atoms in total. The van der Waals surface area contributed by atoms with Crippen molar-refractivity contribution in [2.24, 2.45) is 5.92 Å². The lowest BCUT2D eigenvalue weighted by atomic mass is 10.1. The molecule has 3 rings (SSSR count). The zero-order chi connectivity index (χ0) is 16.9. The van der Waals surface area contributed by atoms with Crippen LogP contribution >= 0.6 is 0 Å². The minimum Gasteiger partial charge on any atom is -0.495 e. The molecule has 124 valence electrons. The largest absolute Gasteiger partial charge is 0.495 e. The van der Waals surface area contributed by atoms with Crippen LogP contribution in [0.5, 0.6) is 5.75 Å². The maximum atomic E-state index is 12.3. The SMILES string of the molecule is COc1ccccc1N1CC(C(=O)NCc2ccccn2)CC1=O. The number of nitrogens with one attached hydrogen (secondary N) is 1. The first-order valence-electron chi connectivity index (χ1n) is 7.80. The van der Waals surface area contributed by atoms with E-state index in [9.17, 15) is 9.59 Å². The molecule has 0 radical (unpaired) electrons. The Morgan fingerprint density at radius 3 is 2.83 bits per heavy atom. The van der Waals surface area contributed by atoms with Crippen LogP contribution in [0, 0.1) is 5.92 Å². The number of aromatic nitrogens is 1. The van der Waals surface area contributed by atoms with Gasteiger partial charge in [0, 0.05) is 19.2 Å². The summed E-state index contributed by atoms with van der Waals surface area (Å²) in [6.07, 6.45) is 1.89. The van der Waals surface area contributed by atoms with E-state index in [-0.39, 0.29) is 24.2 Å². The Hall–Kier alpha value is -2.89. The third kappa shape index (κ3) is 3.37. The van der Waals surface area contributed by atoms with Gasteiger partial charge in [-0.3, -0.25) is 14.6 Å². The van der Waals surface area contributed by atoms with Gasteiger partial charge in [0.15, 0.2) is 0 Å². The lowest BCUT2D eigenvalue weighted by molar-refractivity contribution is -0.126. The lowest BCUT2D eigenvalue weighted by Gasteiger charge is -2.19. The molecule has 0 spiro atoms. The maximum absolute atomic E-state index is 12.3. The number of benzene rings is 1. The molecule has 1 aliphatic rings. The molecular formula is C18H19N3O3. The number of carbonyl (C=O) groups excluding carboxylic acids is 2. The molecule has 24 heavy (non-hydrogen) atoms. The minimum atomic E-state index is -0.369. The van der Waals surface area contributed by atoms with Gasteiger partial charge >= 0.3 is 0 Å². The summed E-state index contributed by atoms with van der Waals surface area (Å²) in [6.45, 7) is 0.715. The van der Waals surface area contributed by atoms with Crippen LogP contribution in [0.1, 0.15) is 12.1 Å². The second-order valence-corrected chi connectivity index (χ2v) is 5.62. The van der Waals surface area contributed by atoms with Crippen molar-refractivity contribution < 1.29 is 14.3 Å². The number of para-hydroxylation sites is 2. The Bertz CT molecular complexity index is 733. The van der Waals surface area contributed by atoms with Crippen LogP contribution in [0.25, 0.3) is 0 Å². The highest BCUT2D eigenvalue weighted by atomic mass is 16.5. The molecule has 0 saturated carbocycles. The molecule has 2 heterocycles. The topological polar surface area (TPSA) is 71.5 Å². The Balaban J connectivity index is 1.65. The van der Waals surface area contributed by atoms with Gasteiger partial charge in [-0.05, 0) is 24.3 Å². The van der Waals surface area contributed by atoms with Crippen LogP contribution in [-0.4, -0.2) is 30.5 Å². The number of ether oxygens (including phenoxy) is 1. The van der Waals surface area contributed by atoms with E-state index in [4.69, 9.17) is 4.74 Å². The quantitative estimate of drug-likeness (QED) is 0.909. The first-order valence-corrected chi connectivity index (χ1v) is 7.80. The fourth-order valence-corrected chi connectivity index (χ4v) is 2.79. The smallest absolute Gasteiger partial charge is 0.227 e. The van der Waals surface area contributed by atoms with E-state index in [0.717, 1.165) is 5.69 Å². The standard InChI is InChI=1S/C18H19N3O3/c1-24-16-8-3-2-7-15(16)21-12-13(10-17(21)22)18(23)20-11-14-6-4-5-9-19-14/h2-9,13H,10-12H2,1H3,(H,20,23). The van der Waals surface area contributed by atoms with E-state index in [1.165, 1.54) is 0 Å². The molecule has 2 aromatic rings. The van der Waals surface area contributed by atoms with Gasteiger partial charge in [0.2, 0.25) is 11.8 Å². The van der Waals surface area contributed by atoms with Gasteiger partial charge in [-0.2, -0.15) is 0 Å². The Morgan fingerprint density at radius 2 is 2.08 bits per heavy atom. The number of hydrogen-bond donors (Lipinski definition) is 1. The molecule has 0 aliphatic carbocycles. The molecule has 1 atom stereocenters. The van der Waals surface area contributed by atoms with Crippen LogP contribution in [0.4, 0.5) is 5.69 Å². The monoisotopic (exact) mass is 325 g/mol. The molecule has 1 aromatic heterocycles. The summed E-state index contributed by atoms with van der Waals surface area (Å²) >= 11 is 0. The van der Waals surface area contributed by atoms with E-state index in [1.54, 1.807) is 24.3 Å². The number of anilines is 1. The van der Waals surface area contributed by atoms with Crippen molar-refractivity contribution in [3.63, 3.8) is 0 Å². The zero-order valence-corrected chi connectivity index (χ0v) is 13.4. The number of hydrogen-bond acceptors (Lipinski definition) is 4. The number of carbonyl (C=O) groups is 2. The first kappa shape index (κ1) is 16.0. The molecule has 1 fully saturated rings. The van der Waals surface area contributed by atoms with Crippen molar-refractivity contribution in [1.82, 2.24) is 10.3 Å². The second kappa shape index (κ2) is 7.12. The molecule has 6 heteroatoms. The molecular weight excluding hydrogens is 306 g/mol. The van der Waals surface area contributed by atoms with Gasteiger partial charge in [0.25, 0.3) is 0 Å². The van der Waals surface area contributed by atoms with Crippen LogP contribution in [0.3, 0.4) is 0 Å². The molecule has 0 bridgehead atoms. The zero-order valence-electron chi connectivity index (χ0n) is 13.4. The van der Waals surface area contributed by atoms with Gasteiger partial charge in [-0.1, -0.05) is 18.2 Å². The first-order chi connectivity index (χ1) is 11.7. The van der Waals surface area contributed by atoms with Gasteiger partial charge < -0.3 is 15.0 Å². The van der Waals surface area contributed by atoms with Gasteiger partial charge in [0.05, 0.1) is 31.0 Å². The van der Waals surface area contributed by atoms with Crippen molar-refractivity contribution in [3.05, 3.63) is 54.4 Å². The van der Waals surface area contributed by atoms with E-state index >= 15 is 0 Å². The lowest BCUT2D eigenvalue weighted by Crippen LogP contribution is -2.32. The molecule has 1 N–H and O–H groups in total. The summed E-state index contributed by atoms with van der Waals surface area (Å²) in [5, 5.41) is 2.85. The third-order valence-corrected chi connectivity index (χ3v) is 4.04. The number of pyridine rings is 1. The third-order valence-electron chi connectivity index (χ3n) is 4.04.